The second-order valence-electron chi connectivity index (χ2n) is 15.1. The van der Waals surface area contributed by atoms with Gasteiger partial charge in [0.25, 0.3) is 0 Å². The van der Waals surface area contributed by atoms with Crippen LogP contribution in [0.25, 0.3) is 0 Å². The van der Waals surface area contributed by atoms with Gasteiger partial charge in [0.2, 0.25) is 0 Å². The molecule has 0 aliphatic carbocycles. The summed E-state index contributed by atoms with van der Waals surface area (Å²) in [5.74, 6) is -0.956. The lowest BCUT2D eigenvalue weighted by Gasteiger charge is -2.37. The quantitative estimate of drug-likeness (QED) is 0.107. The van der Waals surface area contributed by atoms with E-state index in [9.17, 15) is 30.0 Å². The lowest BCUT2D eigenvalue weighted by Crippen LogP contribution is -2.51. The number of carbonyl (C=O) groups excluding carboxylic acids is 2. The van der Waals surface area contributed by atoms with Gasteiger partial charge in [-0.1, -0.05) is 56.7 Å². The van der Waals surface area contributed by atoms with E-state index in [2.05, 4.69) is 24.8 Å². The van der Waals surface area contributed by atoms with Gasteiger partial charge in [-0.15, -0.1) is 0 Å². The number of aliphatic hydroxyl groups is 4. The number of piperazine rings is 1. The SMILES string of the molecule is CCC(O)C(C)C1OC1CC(C)(O)/C=C/C=C(\C)C1OC(=O)CC(O)CCC(C)(O)C(OC(=O)N2CCN(CC=C(C)C)CC2)/C=C/C1C. The lowest BCUT2D eigenvalue weighted by molar-refractivity contribution is -0.151. The Labute approximate surface area is 293 Å². The van der Waals surface area contributed by atoms with Gasteiger partial charge in [-0.2, -0.15) is 0 Å². The van der Waals surface area contributed by atoms with Gasteiger partial charge >= 0.3 is 12.1 Å². The van der Waals surface area contributed by atoms with Gasteiger partial charge in [-0.25, -0.2) is 4.79 Å². The summed E-state index contributed by atoms with van der Waals surface area (Å²) in [6.45, 7) is 18.3. The number of hydrogen-bond donors (Lipinski definition) is 4. The zero-order valence-electron chi connectivity index (χ0n) is 30.9. The number of nitrogens with zero attached hydrogens (tertiary/aromatic N) is 2. The molecule has 1 amide bonds. The molecule has 0 saturated carbocycles. The van der Waals surface area contributed by atoms with Gasteiger partial charge in [0.15, 0.2) is 6.10 Å². The van der Waals surface area contributed by atoms with Gasteiger partial charge in [0, 0.05) is 51.0 Å². The zero-order valence-corrected chi connectivity index (χ0v) is 30.9. The fraction of sp³-hybridized carbons (Fsp3) is 0.737. The highest BCUT2D eigenvalue weighted by Gasteiger charge is 2.47. The average molecular weight is 691 g/mol. The molecule has 0 aromatic rings. The number of ether oxygens (including phenoxy) is 3. The molecule has 3 aliphatic rings. The van der Waals surface area contributed by atoms with E-state index in [4.69, 9.17) is 14.2 Å². The molecule has 10 unspecified atom stereocenters. The molecule has 10 atom stereocenters. The molecule has 11 heteroatoms. The summed E-state index contributed by atoms with van der Waals surface area (Å²) < 4.78 is 17.5. The first kappa shape index (κ1) is 40.9. The Morgan fingerprint density at radius 1 is 1.20 bits per heavy atom. The first-order chi connectivity index (χ1) is 22.9. The van der Waals surface area contributed by atoms with Crippen LogP contribution in [-0.4, -0.2) is 123 Å². The van der Waals surface area contributed by atoms with Gasteiger partial charge in [-0.3, -0.25) is 9.69 Å². The summed E-state index contributed by atoms with van der Waals surface area (Å²) in [5.41, 5.74) is -0.701. The fourth-order valence-corrected chi connectivity index (χ4v) is 6.41. The monoisotopic (exact) mass is 690 g/mol. The van der Waals surface area contributed by atoms with Crippen LogP contribution in [0.15, 0.2) is 47.6 Å². The Balaban J connectivity index is 1.72. The first-order valence-corrected chi connectivity index (χ1v) is 17.9. The molecule has 3 rings (SSSR count). The maximum Gasteiger partial charge on any atom is 0.410 e. The minimum atomic E-state index is -1.49. The number of carbonyl (C=O) groups is 2. The molecule has 49 heavy (non-hydrogen) atoms. The highest BCUT2D eigenvalue weighted by Crippen LogP contribution is 2.37. The number of epoxide rings is 1. The van der Waals surface area contributed by atoms with E-state index >= 15 is 0 Å². The molecule has 0 bridgehead atoms. The summed E-state index contributed by atoms with van der Waals surface area (Å²) in [4.78, 5) is 30.1. The van der Waals surface area contributed by atoms with Crippen LogP contribution in [0.3, 0.4) is 0 Å². The molecule has 0 radical (unpaired) electrons. The topological polar surface area (TPSA) is 153 Å². The summed E-state index contributed by atoms with van der Waals surface area (Å²) in [6, 6.07) is 0. The predicted octanol–water partition coefficient (Wildman–Crippen LogP) is 4.29. The normalized spacial score (nSPS) is 33.8. The molecule has 2 saturated heterocycles. The van der Waals surface area contributed by atoms with Crippen molar-refractivity contribution in [1.82, 2.24) is 9.80 Å². The van der Waals surface area contributed by atoms with Crippen molar-refractivity contribution in [2.45, 2.75) is 135 Å². The van der Waals surface area contributed by atoms with Gasteiger partial charge < -0.3 is 39.5 Å². The molecular formula is C38H62N2O9. The standard InChI is InChI=1S/C38H62N2O9/c1-9-30(42)28(6)35-31(47-35)24-37(7,45)16-10-11-26(4)34-27(5)12-13-32(38(8,46)17-14-29(41)23-33(43)49-34)48-36(44)40-21-19-39(20-22-40)18-15-25(2)3/h10-13,15-16,27-32,34-35,41-42,45-46H,9,14,17-24H2,1-8H3/b13-12+,16-10+,26-11+. The number of esters is 1. The van der Waals surface area contributed by atoms with E-state index in [-0.39, 0.29) is 43.3 Å². The number of rotatable bonds is 11. The second-order valence-corrected chi connectivity index (χ2v) is 15.1. The molecule has 0 aromatic heterocycles. The van der Waals surface area contributed by atoms with Crippen molar-refractivity contribution in [2.75, 3.05) is 32.7 Å². The molecule has 11 nitrogen and oxygen atoms in total. The third-order valence-corrected chi connectivity index (χ3v) is 9.98. The number of allylic oxidation sites excluding steroid dienone is 3. The second kappa shape index (κ2) is 18.1. The van der Waals surface area contributed by atoms with Gasteiger partial charge in [0.1, 0.15) is 11.7 Å². The molecule has 0 spiro atoms. The van der Waals surface area contributed by atoms with Crippen LogP contribution in [0.2, 0.25) is 0 Å². The molecule has 3 aliphatic heterocycles. The van der Waals surface area contributed by atoms with E-state index in [1.54, 1.807) is 49.1 Å². The third kappa shape index (κ3) is 12.9. The molecule has 278 valence electrons. The number of cyclic esters (lactones) is 1. The summed E-state index contributed by atoms with van der Waals surface area (Å²) in [7, 11) is 0. The maximum atomic E-state index is 13.3. The minimum absolute atomic E-state index is 0.0130. The van der Waals surface area contributed by atoms with Crippen molar-refractivity contribution in [3.63, 3.8) is 0 Å². The van der Waals surface area contributed by atoms with E-state index in [1.807, 2.05) is 27.7 Å². The summed E-state index contributed by atoms with van der Waals surface area (Å²) >= 11 is 0. The highest BCUT2D eigenvalue weighted by atomic mass is 16.6. The molecular weight excluding hydrogens is 628 g/mol. The van der Waals surface area contributed by atoms with Gasteiger partial charge in [-0.05, 0) is 65.5 Å². The van der Waals surface area contributed by atoms with Gasteiger partial charge in [0.05, 0.1) is 36.4 Å². The van der Waals surface area contributed by atoms with Crippen LogP contribution < -0.4 is 0 Å². The summed E-state index contributed by atoms with van der Waals surface area (Å²) in [6.07, 6.45) is 7.84. The largest absolute Gasteiger partial charge is 0.457 e. The Morgan fingerprint density at radius 2 is 1.88 bits per heavy atom. The van der Waals surface area contributed by atoms with Crippen molar-refractivity contribution in [3.05, 3.63) is 47.6 Å². The van der Waals surface area contributed by atoms with Crippen LogP contribution in [0.1, 0.15) is 87.5 Å². The fourth-order valence-electron chi connectivity index (χ4n) is 6.41. The van der Waals surface area contributed by atoms with Crippen molar-refractivity contribution >= 4 is 12.1 Å². The summed E-state index contributed by atoms with van der Waals surface area (Å²) in [5, 5.41) is 43.3. The van der Waals surface area contributed by atoms with E-state index in [0.717, 1.165) is 19.6 Å². The van der Waals surface area contributed by atoms with E-state index in [1.165, 1.54) is 5.57 Å². The van der Waals surface area contributed by atoms with Crippen LogP contribution in [0, 0.1) is 11.8 Å². The van der Waals surface area contributed by atoms with Crippen LogP contribution in [0.5, 0.6) is 0 Å². The Kier molecular flexibility index (Phi) is 15.1. The average Bonchev–Trinajstić information content (AvgIpc) is 3.80. The van der Waals surface area contributed by atoms with Crippen molar-refractivity contribution in [2.24, 2.45) is 11.8 Å². The van der Waals surface area contributed by atoms with Crippen LogP contribution >= 0.6 is 0 Å². The molecule has 3 heterocycles. The molecule has 0 aromatic carbocycles. The van der Waals surface area contributed by atoms with E-state index in [0.29, 0.717) is 31.5 Å². The molecule has 4 N–H and O–H groups in total. The maximum absolute atomic E-state index is 13.3. The van der Waals surface area contributed by atoms with Crippen LogP contribution in [-0.2, 0) is 19.0 Å². The lowest BCUT2D eigenvalue weighted by atomic mass is 9.88. The number of hydrogen-bond acceptors (Lipinski definition) is 10. The van der Waals surface area contributed by atoms with Crippen molar-refractivity contribution in [3.8, 4) is 0 Å². The van der Waals surface area contributed by atoms with Crippen molar-refractivity contribution < 1.29 is 44.2 Å². The first-order valence-electron chi connectivity index (χ1n) is 17.9. The molecule has 2 fully saturated rings. The Bertz CT molecular complexity index is 1210. The highest BCUT2D eigenvalue weighted by molar-refractivity contribution is 5.70. The Morgan fingerprint density at radius 3 is 2.51 bits per heavy atom. The number of amides is 1. The smallest absolute Gasteiger partial charge is 0.410 e. The van der Waals surface area contributed by atoms with E-state index < -0.39 is 47.7 Å². The number of aliphatic hydroxyl groups excluding tert-OH is 2. The third-order valence-electron chi connectivity index (χ3n) is 9.98. The zero-order chi connectivity index (χ0) is 36.5. The Hall–Kier alpha value is -2.54. The minimum Gasteiger partial charge on any atom is -0.457 e. The van der Waals surface area contributed by atoms with Crippen molar-refractivity contribution in [1.29, 1.82) is 0 Å². The van der Waals surface area contributed by atoms with Crippen LogP contribution in [0.4, 0.5) is 4.79 Å². The predicted molar refractivity (Wildman–Crippen MR) is 189 cm³/mol.